The quantitative estimate of drug-likeness (QED) is 0.488. The molecule has 3 saturated heterocycles. The number of aromatic amines is 1. The monoisotopic (exact) mass is 496 g/mol. The number of carbonyl (C=O) groups is 2. The molecule has 0 spiro atoms. The molecule has 4 N–H and O–H groups in total. The van der Waals surface area contributed by atoms with Crippen LogP contribution >= 0.6 is 0 Å². The van der Waals surface area contributed by atoms with Crippen LogP contribution in [-0.2, 0) is 16.1 Å². The van der Waals surface area contributed by atoms with E-state index in [4.69, 9.17) is 0 Å². The fraction of sp³-hybridized carbons (Fsp3) is 0.625. The van der Waals surface area contributed by atoms with Crippen molar-refractivity contribution < 1.29 is 22.8 Å². The highest BCUT2D eigenvalue weighted by Crippen LogP contribution is 2.32. The lowest BCUT2D eigenvalue weighted by molar-refractivity contribution is -0.169. The molecule has 5 rings (SSSR count). The summed E-state index contributed by atoms with van der Waals surface area (Å²) in [6, 6.07) is 2.87. The van der Waals surface area contributed by atoms with Gasteiger partial charge in [-0.1, -0.05) is 6.42 Å². The molecule has 11 heteroatoms. The number of likely N-dealkylation sites (tertiary alicyclic amines) is 1. The van der Waals surface area contributed by atoms with Crippen LogP contribution in [0, 0.1) is 5.92 Å². The Kier molecular flexibility index (Phi) is 10.3. The third-order valence-electron chi connectivity index (χ3n) is 6.34. The average molecular weight is 497 g/mol. The Morgan fingerprint density at radius 1 is 1.17 bits per heavy atom. The molecule has 8 nitrogen and oxygen atoms in total. The average Bonchev–Trinajstić information content (AvgIpc) is 3.64. The van der Waals surface area contributed by atoms with Crippen molar-refractivity contribution in [3.63, 3.8) is 0 Å². The Hall–Kier alpha value is -2.66. The van der Waals surface area contributed by atoms with Crippen LogP contribution in [0.5, 0.6) is 0 Å². The van der Waals surface area contributed by atoms with Crippen molar-refractivity contribution in [3.8, 4) is 0 Å². The number of nitrogens with one attached hydrogen (secondary N) is 4. The van der Waals surface area contributed by atoms with E-state index in [0.717, 1.165) is 36.1 Å². The number of hydrogen-bond acceptors (Lipinski definition) is 5. The number of H-pyrrole nitrogens is 1. The van der Waals surface area contributed by atoms with Crippen LogP contribution in [0.25, 0.3) is 10.9 Å². The summed E-state index contributed by atoms with van der Waals surface area (Å²) in [4.78, 5) is 30.8. The van der Waals surface area contributed by atoms with Gasteiger partial charge in [0, 0.05) is 48.6 Å². The van der Waals surface area contributed by atoms with Gasteiger partial charge in [0.1, 0.15) is 0 Å². The molecule has 3 aliphatic rings. The smallest absolute Gasteiger partial charge is 0.357 e. The van der Waals surface area contributed by atoms with Gasteiger partial charge in [-0.25, -0.2) is 0 Å². The van der Waals surface area contributed by atoms with Crippen molar-refractivity contribution >= 4 is 23.2 Å². The fourth-order valence-corrected chi connectivity index (χ4v) is 4.27. The minimum Gasteiger partial charge on any atom is -0.357 e. The van der Waals surface area contributed by atoms with Crippen molar-refractivity contribution in [1.82, 2.24) is 30.8 Å². The first kappa shape index (κ1) is 26.9. The first-order chi connectivity index (χ1) is 16.9. The maximum absolute atomic E-state index is 12.6. The number of piperidine rings is 1. The molecule has 35 heavy (non-hydrogen) atoms. The van der Waals surface area contributed by atoms with Crippen LogP contribution in [0.4, 0.5) is 13.2 Å². The highest BCUT2D eigenvalue weighted by atomic mass is 19.4. The second-order valence-corrected chi connectivity index (χ2v) is 9.07. The Morgan fingerprint density at radius 3 is 2.43 bits per heavy atom. The van der Waals surface area contributed by atoms with Crippen molar-refractivity contribution in [1.29, 1.82) is 0 Å². The van der Waals surface area contributed by atoms with Gasteiger partial charge in [-0.2, -0.15) is 13.2 Å². The highest BCUT2D eigenvalue weighted by molar-refractivity contribution is 5.82. The summed E-state index contributed by atoms with van der Waals surface area (Å²) < 4.78 is 37.8. The zero-order valence-corrected chi connectivity index (χ0v) is 19.9. The number of amides is 2. The van der Waals surface area contributed by atoms with Crippen molar-refractivity contribution in [3.05, 3.63) is 30.2 Å². The molecule has 0 bridgehead atoms. The molecule has 2 aromatic heterocycles. The van der Waals surface area contributed by atoms with E-state index in [1.165, 1.54) is 45.2 Å². The molecule has 2 amide bonds. The molecule has 0 radical (unpaired) electrons. The molecule has 2 unspecified atom stereocenters. The second kappa shape index (κ2) is 13.4. The first-order valence-corrected chi connectivity index (χ1v) is 12.3. The molecule has 3 aliphatic heterocycles. The highest BCUT2D eigenvalue weighted by Gasteiger charge is 2.45. The standard InChI is InChI=1S/C14H15F3N4O.C5H9NO.C5H11N/c15-14(16,17)9-4-12(19-6-9)13(22)20-7-10-3-8-5-18-2-1-11(8)21-10;7-5-6-3-1-2-4-6;1-2-4-6-5-3-1/h1-3,5,9,12,19,21H,4,6-7H2,(H,20,22);5H,1-4H2;6H,1-5H2. The van der Waals surface area contributed by atoms with Gasteiger partial charge in [-0.05, 0) is 57.3 Å². The van der Waals surface area contributed by atoms with E-state index in [9.17, 15) is 22.8 Å². The summed E-state index contributed by atoms with van der Waals surface area (Å²) in [6.45, 7) is 4.48. The molecular weight excluding hydrogens is 461 g/mol. The third-order valence-corrected chi connectivity index (χ3v) is 6.34. The van der Waals surface area contributed by atoms with Crippen LogP contribution < -0.4 is 16.0 Å². The van der Waals surface area contributed by atoms with E-state index >= 15 is 0 Å². The number of halogens is 3. The number of hydrogen-bond donors (Lipinski definition) is 4. The van der Waals surface area contributed by atoms with E-state index in [1.807, 2.05) is 12.1 Å². The molecule has 5 heterocycles. The number of carbonyl (C=O) groups excluding carboxylic acids is 2. The van der Waals surface area contributed by atoms with Gasteiger partial charge in [-0.3, -0.25) is 14.6 Å². The van der Waals surface area contributed by atoms with Crippen molar-refractivity contribution in [2.45, 2.75) is 57.3 Å². The maximum atomic E-state index is 12.6. The fourth-order valence-electron chi connectivity index (χ4n) is 4.27. The van der Waals surface area contributed by atoms with E-state index in [1.54, 1.807) is 17.3 Å². The molecule has 0 saturated carbocycles. The van der Waals surface area contributed by atoms with Gasteiger partial charge in [0.25, 0.3) is 0 Å². The zero-order valence-electron chi connectivity index (χ0n) is 19.9. The zero-order chi connectivity index (χ0) is 25.1. The number of nitrogens with zero attached hydrogens (tertiary/aromatic N) is 2. The van der Waals surface area contributed by atoms with Crippen LogP contribution in [0.3, 0.4) is 0 Å². The summed E-state index contributed by atoms with van der Waals surface area (Å²) in [7, 11) is 0. The van der Waals surface area contributed by atoms with Crippen LogP contribution in [0.1, 0.15) is 44.2 Å². The lowest BCUT2D eigenvalue weighted by Crippen LogP contribution is -2.40. The third kappa shape index (κ3) is 8.81. The first-order valence-electron chi connectivity index (χ1n) is 12.3. The minimum atomic E-state index is -4.26. The van der Waals surface area contributed by atoms with Gasteiger partial charge < -0.3 is 25.8 Å². The summed E-state index contributed by atoms with van der Waals surface area (Å²) >= 11 is 0. The Balaban J connectivity index is 0.000000213. The number of pyridine rings is 1. The van der Waals surface area contributed by atoms with E-state index in [2.05, 4.69) is 25.9 Å². The van der Waals surface area contributed by atoms with Crippen molar-refractivity contribution in [2.75, 3.05) is 32.7 Å². The lowest BCUT2D eigenvalue weighted by atomic mass is 10.1. The molecular formula is C24H35F3N6O2. The Bertz CT molecular complexity index is 881. The Labute approximate surface area is 203 Å². The van der Waals surface area contributed by atoms with Gasteiger partial charge in [0.05, 0.1) is 18.5 Å². The Morgan fingerprint density at radius 2 is 1.91 bits per heavy atom. The predicted molar refractivity (Wildman–Crippen MR) is 127 cm³/mol. The molecule has 2 atom stereocenters. The minimum absolute atomic E-state index is 0.209. The summed E-state index contributed by atoms with van der Waals surface area (Å²) in [6.07, 6.45) is 6.40. The maximum Gasteiger partial charge on any atom is 0.393 e. The topological polar surface area (TPSA) is 102 Å². The normalized spacial score (nSPS) is 22.1. The van der Waals surface area contributed by atoms with Crippen LogP contribution in [0.2, 0.25) is 0 Å². The van der Waals surface area contributed by atoms with Crippen LogP contribution in [-0.4, -0.2) is 72.1 Å². The molecule has 194 valence electrons. The predicted octanol–water partition coefficient (Wildman–Crippen LogP) is 2.72. The molecule has 0 aromatic carbocycles. The number of fused-ring (bicyclic) bond motifs is 1. The second-order valence-electron chi connectivity index (χ2n) is 9.07. The number of rotatable bonds is 4. The molecule has 2 aromatic rings. The largest absolute Gasteiger partial charge is 0.393 e. The summed E-state index contributed by atoms with van der Waals surface area (Å²) in [5.74, 6) is -1.87. The lowest BCUT2D eigenvalue weighted by Gasteiger charge is -2.13. The van der Waals surface area contributed by atoms with E-state index in [0.29, 0.717) is 0 Å². The van der Waals surface area contributed by atoms with Crippen LogP contribution in [0.15, 0.2) is 24.5 Å². The van der Waals surface area contributed by atoms with Gasteiger partial charge in [0.2, 0.25) is 12.3 Å². The number of aromatic nitrogens is 2. The summed E-state index contributed by atoms with van der Waals surface area (Å²) in [5, 5.41) is 9.48. The van der Waals surface area contributed by atoms with Gasteiger partial charge >= 0.3 is 6.18 Å². The van der Waals surface area contributed by atoms with E-state index in [-0.39, 0.29) is 19.5 Å². The molecule has 0 aliphatic carbocycles. The van der Waals surface area contributed by atoms with Gasteiger partial charge in [-0.15, -0.1) is 0 Å². The summed E-state index contributed by atoms with van der Waals surface area (Å²) in [5.41, 5.74) is 1.68. The van der Waals surface area contributed by atoms with E-state index < -0.39 is 24.0 Å². The van der Waals surface area contributed by atoms with Gasteiger partial charge in [0.15, 0.2) is 0 Å². The SMILES string of the molecule is C1CCNCC1.O=C(NCc1cc2cnccc2[nH]1)C1CC(C(F)(F)F)CN1.O=CN1CCCC1. The van der Waals surface area contributed by atoms with Crippen molar-refractivity contribution in [2.24, 2.45) is 5.92 Å². The molecule has 3 fully saturated rings. The number of alkyl halides is 3.